The highest BCUT2D eigenvalue weighted by Crippen LogP contribution is 2.37. The van der Waals surface area contributed by atoms with E-state index < -0.39 is 5.54 Å². The van der Waals surface area contributed by atoms with E-state index in [0.29, 0.717) is 19.6 Å². The van der Waals surface area contributed by atoms with Crippen LogP contribution < -0.4 is 11.1 Å². The Kier molecular flexibility index (Phi) is 4.10. The molecule has 1 saturated carbocycles. The number of nitrogens with zero attached hydrogens (tertiary/aromatic N) is 2. The molecule has 2 unspecified atom stereocenters. The molecule has 2 rings (SSSR count). The summed E-state index contributed by atoms with van der Waals surface area (Å²) in [6.45, 7) is 1.58. The molecule has 6 heteroatoms. The van der Waals surface area contributed by atoms with Crippen LogP contribution >= 0.6 is 0 Å². The lowest BCUT2D eigenvalue weighted by molar-refractivity contribution is -0.134. The third kappa shape index (κ3) is 2.47. The van der Waals surface area contributed by atoms with Crippen molar-refractivity contribution in [3.63, 3.8) is 0 Å². The number of hydrogen-bond donors (Lipinski definition) is 2. The van der Waals surface area contributed by atoms with Crippen LogP contribution in [0.4, 0.5) is 4.79 Å². The smallest absolute Gasteiger partial charge is 0.325 e. The number of urea groups is 1. The maximum absolute atomic E-state index is 12.6. The fraction of sp³-hybridized carbons (Fsp3) is 0.846. The molecule has 1 saturated heterocycles. The van der Waals surface area contributed by atoms with Crippen LogP contribution in [-0.4, -0.2) is 61.0 Å². The molecule has 1 heterocycles. The van der Waals surface area contributed by atoms with Crippen molar-refractivity contribution in [2.24, 2.45) is 11.7 Å². The molecule has 3 amide bonds. The van der Waals surface area contributed by atoms with Gasteiger partial charge in [-0.15, -0.1) is 0 Å². The predicted octanol–water partition coefficient (Wildman–Crippen LogP) is -0.0125. The van der Waals surface area contributed by atoms with Crippen LogP contribution in [0.15, 0.2) is 0 Å². The van der Waals surface area contributed by atoms with Crippen LogP contribution in [0.3, 0.4) is 0 Å². The Balaban J connectivity index is 2.15. The van der Waals surface area contributed by atoms with Crippen molar-refractivity contribution in [2.45, 2.75) is 31.2 Å². The highest BCUT2D eigenvalue weighted by atomic mass is 16.2. The maximum Gasteiger partial charge on any atom is 0.325 e. The van der Waals surface area contributed by atoms with Crippen LogP contribution in [0.25, 0.3) is 0 Å². The van der Waals surface area contributed by atoms with Gasteiger partial charge in [-0.2, -0.15) is 0 Å². The Hall–Kier alpha value is -1.14. The number of rotatable bonds is 4. The lowest BCUT2D eigenvalue weighted by Crippen LogP contribution is -2.57. The molecule has 3 N–H and O–H groups in total. The largest absolute Gasteiger partial charge is 0.330 e. The Morgan fingerprint density at radius 3 is 2.79 bits per heavy atom. The Bertz CT molecular complexity index is 372. The summed E-state index contributed by atoms with van der Waals surface area (Å²) in [7, 11) is 3.86. The van der Waals surface area contributed by atoms with Gasteiger partial charge in [-0.05, 0) is 33.5 Å². The van der Waals surface area contributed by atoms with E-state index >= 15 is 0 Å². The molecule has 1 aliphatic heterocycles. The zero-order valence-corrected chi connectivity index (χ0v) is 11.8. The molecule has 2 fully saturated rings. The minimum absolute atomic E-state index is 0.0713. The summed E-state index contributed by atoms with van der Waals surface area (Å²) in [5.41, 5.74) is 5.08. The second kappa shape index (κ2) is 5.46. The van der Waals surface area contributed by atoms with Gasteiger partial charge >= 0.3 is 6.03 Å². The minimum Gasteiger partial charge on any atom is -0.330 e. The van der Waals surface area contributed by atoms with Crippen molar-refractivity contribution in [3.8, 4) is 0 Å². The lowest BCUT2D eigenvalue weighted by Gasteiger charge is -2.38. The molecule has 2 aliphatic rings. The first-order valence-corrected chi connectivity index (χ1v) is 7.00. The highest BCUT2D eigenvalue weighted by Gasteiger charge is 2.55. The average molecular weight is 268 g/mol. The first-order chi connectivity index (χ1) is 9.01. The van der Waals surface area contributed by atoms with Gasteiger partial charge < -0.3 is 16.0 Å². The molecule has 0 aromatic heterocycles. The Morgan fingerprint density at radius 2 is 2.16 bits per heavy atom. The number of carbonyl (C=O) groups is 2. The molecule has 0 aromatic carbocycles. The molecule has 6 nitrogen and oxygen atoms in total. The van der Waals surface area contributed by atoms with Crippen molar-refractivity contribution in [1.82, 2.24) is 15.1 Å². The fourth-order valence-corrected chi connectivity index (χ4v) is 3.16. The van der Waals surface area contributed by atoms with Crippen molar-refractivity contribution >= 4 is 11.9 Å². The van der Waals surface area contributed by atoms with Gasteiger partial charge in [-0.25, -0.2) is 4.79 Å². The summed E-state index contributed by atoms with van der Waals surface area (Å²) >= 11 is 0. The van der Waals surface area contributed by atoms with E-state index in [4.69, 9.17) is 5.73 Å². The van der Waals surface area contributed by atoms with Crippen LogP contribution in [0.2, 0.25) is 0 Å². The summed E-state index contributed by atoms with van der Waals surface area (Å²) in [5, 5.41) is 2.93. The van der Waals surface area contributed by atoms with Crippen LogP contribution in [0.1, 0.15) is 25.7 Å². The van der Waals surface area contributed by atoms with E-state index in [1.807, 2.05) is 19.0 Å². The zero-order valence-electron chi connectivity index (χ0n) is 11.8. The molecule has 0 aromatic rings. The quantitative estimate of drug-likeness (QED) is 0.703. The van der Waals surface area contributed by atoms with Gasteiger partial charge in [0, 0.05) is 19.0 Å². The number of amides is 3. The lowest BCUT2D eigenvalue weighted by atomic mass is 9.72. The van der Waals surface area contributed by atoms with Gasteiger partial charge in [0.1, 0.15) is 5.54 Å². The van der Waals surface area contributed by atoms with E-state index in [1.165, 1.54) is 4.90 Å². The second-order valence-electron chi connectivity index (χ2n) is 5.84. The topological polar surface area (TPSA) is 78.7 Å². The molecular weight excluding hydrogens is 244 g/mol. The predicted molar refractivity (Wildman–Crippen MR) is 72.5 cm³/mol. The number of hydrogen-bond acceptors (Lipinski definition) is 4. The molecule has 108 valence electrons. The van der Waals surface area contributed by atoms with Gasteiger partial charge in [0.2, 0.25) is 0 Å². The number of nitrogens with two attached hydrogens (primary N) is 1. The van der Waals surface area contributed by atoms with E-state index in [-0.39, 0.29) is 17.9 Å². The van der Waals surface area contributed by atoms with Crippen molar-refractivity contribution < 1.29 is 9.59 Å². The van der Waals surface area contributed by atoms with Gasteiger partial charge in [-0.1, -0.05) is 12.8 Å². The van der Waals surface area contributed by atoms with Crippen molar-refractivity contribution in [2.75, 3.05) is 33.7 Å². The van der Waals surface area contributed by atoms with Gasteiger partial charge in [0.15, 0.2) is 0 Å². The summed E-state index contributed by atoms with van der Waals surface area (Å²) in [6, 6.07) is -0.257. The van der Waals surface area contributed by atoms with Crippen LogP contribution in [-0.2, 0) is 4.79 Å². The molecule has 0 radical (unpaired) electrons. The number of imide groups is 1. The molecular formula is C13H24N4O2. The van der Waals surface area contributed by atoms with Gasteiger partial charge in [-0.3, -0.25) is 9.69 Å². The first kappa shape index (κ1) is 14.3. The average Bonchev–Trinajstić information content (AvgIpc) is 2.60. The number of carbonyl (C=O) groups excluding carboxylic acids is 2. The monoisotopic (exact) mass is 268 g/mol. The van der Waals surface area contributed by atoms with E-state index in [0.717, 1.165) is 25.7 Å². The number of nitrogens with one attached hydrogen (secondary N) is 1. The summed E-state index contributed by atoms with van der Waals surface area (Å²) < 4.78 is 0. The molecule has 1 aliphatic carbocycles. The fourth-order valence-electron chi connectivity index (χ4n) is 3.16. The van der Waals surface area contributed by atoms with Crippen molar-refractivity contribution in [3.05, 3.63) is 0 Å². The van der Waals surface area contributed by atoms with E-state index in [2.05, 4.69) is 5.32 Å². The normalized spacial score (nSPS) is 31.4. The second-order valence-corrected chi connectivity index (χ2v) is 5.84. The van der Waals surface area contributed by atoms with Gasteiger partial charge in [0.25, 0.3) is 5.91 Å². The Labute approximate surface area is 114 Å². The Morgan fingerprint density at radius 1 is 1.42 bits per heavy atom. The number of likely N-dealkylation sites (N-methyl/N-ethyl adjacent to an activating group) is 1. The van der Waals surface area contributed by atoms with Gasteiger partial charge in [0.05, 0.1) is 0 Å². The minimum atomic E-state index is -0.726. The SMILES string of the molecule is CN(C)CCN1C(=O)NC2(CCCCC2CN)C1=O. The van der Waals surface area contributed by atoms with Crippen LogP contribution in [0, 0.1) is 5.92 Å². The van der Waals surface area contributed by atoms with E-state index in [1.54, 1.807) is 0 Å². The maximum atomic E-state index is 12.6. The molecule has 2 atom stereocenters. The summed E-state index contributed by atoms with van der Waals surface area (Å²) in [6.07, 6.45) is 3.70. The van der Waals surface area contributed by atoms with Crippen molar-refractivity contribution in [1.29, 1.82) is 0 Å². The zero-order chi connectivity index (χ0) is 14.0. The van der Waals surface area contributed by atoms with E-state index in [9.17, 15) is 9.59 Å². The molecule has 1 spiro atoms. The standard InChI is InChI=1S/C13H24N4O2/c1-16(2)7-8-17-11(18)13(15-12(17)19)6-4-3-5-10(13)9-14/h10H,3-9,14H2,1-2H3,(H,15,19). The summed E-state index contributed by atoms with van der Waals surface area (Å²) in [4.78, 5) is 28.0. The first-order valence-electron chi connectivity index (χ1n) is 7.00. The molecule has 0 bridgehead atoms. The summed E-state index contributed by atoms with van der Waals surface area (Å²) in [5.74, 6) is -0.00319. The third-order valence-electron chi connectivity index (χ3n) is 4.33. The molecule has 19 heavy (non-hydrogen) atoms. The highest BCUT2D eigenvalue weighted by molar-refractivity contribution is 6.07. The van der Waals surface area contributed by atoms with Crippen LogP contribution in [0.5, 0.6) is 0 Å². The third-order valence-corrected chi connectivity index (χ3v) is 4.33.